The molecule has 6 atom stereocenters. The first-order valence-electron chi connectivity index (χ1n) is 10.8. The molecule has 152 valence electrons. The number of fused-ring (bicyclic) bond motifs is 2. The van der Waals surface area contributed by atoms with E-state index in [0.29, 0.717) is 24.3 Å². The van der Waals surface area contributed by atoms with Gasteiger partial charge in [-0.25, -0.2) is 0 Å². The van der Waals surface area contributed by atoms with Crippen molar-refractivity contribution in [1.82, 2.24) is 10.2 Å². The Labute approximate surface area is 167 Å². The molecule has 1 aromatic rings. The first kappa shape index (κ1) is 19.5. The fourth-order valence-corrected chi connectivity index (χ4v) is 7.22. The lowest BCUT2D eigenvalue weighted by Gasteiger charge is -2.55. The molecule has 1 heterocycles. The van der Waals surface area contributed by atoms with Crippen LogP contribution in [0.5, 0.6) is 0 Å². The second-order valence-electron chi connectivity index (χ2n) is 9.74. The molecule has 3 aliphatic carbocycles. The maximum atomic E-state index is 10.3. The number of aliphatic hydroxyl groups excluding tert-OH is 1. The van der Waals surface area contributed by atoms with Crippen LogP contribution in [-0.4, -0.2) is 28.5 Å². The van der Waals surface area contributed by atoms with E-state index in [1.807, 2.05) is 6.20 Å². The van der Waals surface area contributed by atoms with E-state index in [1.165, 1.54) is 30.5 Å². The number of nitrogens with one attached hydrogen (secondary N) is 1. The van der Waals surface area contributed by atoms with Gasteiger partial charge in [0, 0.05) is 23.8 Å². The molecule has 0 aromatic carbocycles. The van der Waals surface area contributed by atoms with Gasteiger partial charge in [0.1, 0.15) is 0 Å². The van der Waals surface area contributed by atoms with Crippen molar-refractivity contribution in [2.45, 2.75) is 59.3 Å². The molecule has 1 unspecified atom stereocenters. The van der Waals surface area contributed by atoms with Crippen LogP contribution in [0.15, 0.2) is 23.0 Å². The zero-order valence-electron chi connectivity index (χ0n) is 17.4. The highest BCUT2D eigenvalue weighted by Crippen LogP contribution is 2.63. The van der Waals surface area contributed by atoms with Gasteiger partial charge in [0.15, 0.2) is 0 Å². The number of aliphatic hydroxyl groups is 1. The number of aromatic amines is 1. The predicted octanol–water partition coefficient (Wildman–Crippen LogP) is 4.82. The number of H-pyrrole nitrogens is 1. The highest BCUT2D eigenvalue weighted by Gasteiger charge is 2.56. The van der Waals surface area contributed by atoms with Gasteiger partial charge in [-0.3, -0.25) is 5.10 Å². The van der Waals surface area contributed by atoms with Gasteiger partial charge < -0.3 is 5.11 Å². The third-order valence-corrected chi connectivity index (χ3v) is 8.82. The Bertz CT molecular complexity index is 810. The molecule has 6 nitrogen and oxygen atoms in total. The van der Waals surface area contributed by atoms with Gasteiger partial charge in [-0.15, -0.1) is 0 Å². The molecule has 6 heteroatoms. The number of aromatic nitrogens is 2. The molecule has 2 N–H and O–H groups in total. The van der Waals surface area contributed by atoms with Crippen molar-refractivity contribution >= 4 is 0 Å². The van der Waals surface area contributed by atoms with Gasteiger partial charge in [-0.2, -0.15) is 5.10 Å². The minimum Gasteiger partial charge on any atom is -0.396 e. The summed E-state index contributed by atoms with van der Waals surface area (Å²) in [5, 5.41) is 21.7. The average molecular weight is 384 g/mol. The predicted molar refractivity (Wildman–Crippen MR) is 109 cm³/mol. The normalized spacial score (nSPS) is 41.4. The number of hydrogen-bond acceptors (Lipinski definition) is 3. The SMILES string of the molecule is CC=C1CC[C@H]2[C@H](CN=[N+]=[N-])[C@@H]([C@@]3(C)Cc4cn[nH]c4CC3CO)CC[C@]12C. The van der Waals surface area contributed by atoms with Gasteiger partial charge in [-0.05, 0) is 91.0 Å². The lowest BCUT2D eigenvalue weighted by atomic mass is 9.49. The molecule has 0 saturated heterocycles. The third kappa shape index (κ3) is 2.81. The Balaban J connectivity index is 1.72. The summed E-state index contributed by atoms with van der Waals surface area (Å²) in [6, 6.07) is 0. The lowest BCUT2D eigenvalue weighted by molar-refractivity contribution is -0.0536. The molecular weight excluding hydrogens is 350 g/mol. The zero-order chi connectivity index (χ0) is 19.9. The summed E-state index contributed by atoms with van der Waals surface area (Å²) in [7, 11) is 0. The van der Waals surface area contributed by atoms with Crippen molar-refractivity contribution in [3.05, 3.63) is 39.5 Å². The molecule has 28 heavy (non-hydrogen) atoms. The first-order valence-corrected chi connectivity index (χ1v) is 10.8. The van der Waals surface area contributed by atoms with Crippen LogP contribution in [0.25, 0.3) is 10.4 Å². The second-order valence-corrected chi connectivity index (χ2v) is 9.74. The summed E-state index contributed by atoms with van der Waals surface area (Å²) in [6.45, 7) is 7.74. The zero-order valence-corrected chi connectivity index (χ0v) is 17.4. The van der Waals surface area contributed by atoms with E-state index >= 15 is 0 Å². The molecule has 0 spiro atoms. The van der Waals surface area contributed by atoms with Crippen LogP contribution >= 0.6 is 0 Å². The maximum Gasteiger partial charge on any atom is 0.0522 e. The van der Waals surface area contributed by atoms with E-state index in [4.69, 9.17) is 5.53 Å². The number of azide groups is 1. The van der Waals surface area contributed by atoms with Crippen molar-refractivity contribution in [2.24, 2.45) is 39.6 Å². The molecular formula is C22H33N5O. The van der Waals surface area contributed by atoms with E-state index in [1.54, 1.807) is 5.57 Å². The van der Waals surface area contributed by atoms with Gasteiger partial charge in [0.25, 0.3) is 0 Å². The molecule has 3 aliphatic rings. The first-order chi connectivity index (χ1) is 13.5. The lowest BCUT2D eigenvalue weighted by Crippen LogP contribution is -2.52. The van der Waals surface area contributed by atoms with Crippen LogP contribution in [0.1, 0.15) is 57.7 Å². The van der Waals surface area contributed by atoms with E-state index in [2.05, 4.69) is 47.1 Å². The summed E-state index contributed by atoms with van der Waals surface area (Å²) in [5.74, 6) is 1.60. The van der Waals surface area contributed by atoms with Crippen molar-refractivity contribution in [1.29, 1.82) is 0 Å². The Morgan fingerprint density at radius 1 is 1.39 bits per heavy atom. The van der Waals surface area contributed by atoms with Gasteiger partial charge in [0.2, 0.25) is 0 Å². The van der Waals surface area contributed by atoms with Crippen molar-refractivity contribution in [3.63, 3.8) is 0 Å². The Morgan fingerprint density at radius 2 is 2.21 bits per heavy atom. The molecule has 4 rings (SSSR count). The molecule has 2 fully saturated rings. The van der Waals surface area contributed by atoms with E-state index < -0.39 is 0 Å². The third-order valence-electron chi connectivity index (χ3n) is 8.82. The molecule has 0 radical (unpaired) electrons. The average Bonchev–Trinajstić information content (AvgIpc) is 3.27. The van der Waals surface area contributed by atoms with E-state index in [-0.39, 0.29) is 23.4 Å². The fourth-order valence-electron chi connectivity index (χ4n) is 7.22. The van der Waals surface area contributed by atoms with E-state index in [9.17, 15) is 5.11 Å². The Morgan fingerprint density at radius 3 is 2.93 bits per heavy atom. The maximum absolute atomic E-state index is 10.3. The highest BCUT2D eigenvalue weighted by molar-refractivity contribution is 5.27. The van der Waals surface area contributed by atoms with Crippen LogP contribution in [0.2, 0.25) is 0 Å². The van der Waals surface area contributed by atoms with Crippen LogP contribution in [0, 0.1) is 34.5 Å². The highest BCUT2D eigenvalue weighted by atomic mass is 16.3. The molecule has 0 bridgehead atoms. The van der Waals surface area contributed by atoms with Crippen LogP contribution in [-0.2, 0) is 12.8 Å². The summed E-state index contributed by atoms with van der Waals surface area (Å²) in [6.07, 6.45) is 10.8. The largest absolute Gasteiger partial charge is 0.396 e. The number of hydrogen-bond donors (Lipinski definition) is 2. The second kappa shape index (κ2) is 7.23. The van der Waals surface area contributed by atoms with Crippen LogP contribution in [0.4, 0.5) is 0 Å². The van der Waals surface area contributed by atoms with Crippen molar-refractivity contribution in [3.8, 4) is 0 Å². The summed E-state index contributed by atoms with van der Waals surface area (Å²) in [4.78, 5) is 3.12. The number of rotatable bonds is 4. The molecule has 2 saturated carbocycles. The van der Waals surface area contributed by atoms with Crippen molar-refractivity contribution < 1.29 is 5.11 Å². The monoisotopic (exact) mass is 383 g/mol. The number of allylic oxidation sites excluding steroid dienone is 2. The quantitative estimate of drug-likeness (QED) is 0.337. The number of nitrogens with zero attached hydrogens (tertiary/aromatic N) is 4. The van der Waals surface area contributed by atoms with Gasteiger partial charge >= 0.3 is 0 Å². The molecule has 0 aliphatic heterocycles. The minimum atomic E-state index is 0.00127. The summed E-state index contributed by atoms with van der Waals surface area (Å²) >= 11 is 0. The van der Waals surface area contributed by atoms with E-state index in [0.717, 1.165) is 19.3 Å². The molecule has 1 aromatic heterocycles. The molecule has 0 amide bonds. The van der Waals surface area contributed by atoms with Crippen molar-refractivity contribution in [2.75, 3.05) is 13.2 Å². The standard InChI is InChI=1S/C22H33N5O/c1-4-15-5-6-18-17(12-25-27-23)19(7-8-21(15,18)2)22(3)10-14-11-24-26-20(14)9-16(22)13-28/h4,11,16-19,28H,5-10,12-13H2,1-3H3,(H,24,26)/t16?,17-,18-,19-,21+,22-/m0/s1. The Hall–Kier alpha value is -1.78. The fraction of sp³-hybridized carbons (Fsp3) is 0.773. The summed E-state index contributed by atoms with van der Waals surface area (Å²) in [5.41, 5.74) is 13.4. The van der Waals surface area contributed by atoms with Gasteiger partial charge in [0.05, 0.1) is 6.20 Å². The van der Waals surface area contributed by atoms with Crippen LogP contribution < -0.4 is 0 Å². The van der Waals surface area contributed by atoms with Crippen LogP contribution in [0.3, 0.4) is 0 Å². The summed E-state index contributed by atoms with van der Waals surface area (Å²) < 4.78 is 0. The smallest absolute Gasteiger partial charge is 0.0522 e. The minimum absolute atomic E-state index is 0.00127. The van der Waals surface area contributed by atoms with Gasteiger partial charge in [-0.1, -0.05) is 30.6 Å². The Kier molecular flexibility index (Phi) is 5.05. The topological polar surface area (TPSA) is 97.7 Å².